The minimum absolute atomic E-state index is 0.0136. The lowest BCUT2D eigenvalue weighted by Gasteiger charge is -2.49. The molecule has 2 N–H and O–H groups in total. The molecule has 5 nitrogen and oxygen atoms in total. The van der Waals surface area contributed by atoms with E-state index in [9.17, 15) is 4.79 Å². The van der Waals surface area contributed by atoms with Crippen LogP contribution in [0.4, 0.5) is 0 Å². The Morgan fingerprint density at radius 3 is 2.83 bits per heavy atom. The molecule has 1 aromatic carbocycles. The first-order chi connectivity index (χ1) is 14.4. The number of ether oxygens (including phenoxy) is 3. The molecule has 0 spiro atoms. The van der Waals surface area contributed by atoms with Gasteiger partial charge < -0.3 is 19.5 Å². The Balaban J connectivity index is 1.33. The number of esters is 1. The third kappa shape index (κ3) is 3.96. The van der Waals surface area contributed by atoms with Gasteiger partial charge in [0.05, 0.1) is 27.3 Å². The van der Waals surface area contributed by atoms with Crippen LogP contribution in [0.5, 0.6) is 11.5 Å². The smallest absolute Gasteiger partial charge is 0.315 e. The highest BCUT2D eigenvalue weighted by Crippen LogP contribution is 2.56. The predicted molar refractivity (Wildman–Crippen MR) is 116 cm³/mol. The van der Waals surface area contributed by atoms with Crippen molar-refractivity contribution in [3.63, 3.8) is 0 Å². The molecule has 4 rings (SSSR count). The topological polar surface area (TPSA) is 61.4 Å². The summed E-state index contributed by atoms with van der Waals surface area (Å²) in [7, 11) is 3.31. The van der Waals surface area contributed by atoms with E-state index in [2.05, 4.69) is 24.9 Å². The summed E-state index contributed by atoms with van der Waals surface area (Å²) in [6.07, 6.45) is 6.72. The number of nitrogens with two attached hydrogens (primary N) is 1. The molecule has 0 radical (unpaired) electrons. The molecule has 164 valence electrons. The van der Waals surface area contributed by atoms with Gasteiger partial charge in [0, 0.05) is 12.3 Å². The van der Waals surface area contributed by atoms with Gasteiger partial charge in [0.2, 0.25) is 0 Å². The first kappa shape index (κ1) is 21.2. The van der Waals surface area contributed by atoms with Gasteiger partial charge in [-0.2, -0.15) is 0 Å². The summed E-state index contributed by atoms with van der Waals surface area (Å²) in [6.45, 7) is 8.51. The molecule has 5 atom stereocenters. The number of quaternary nitrogens is 1. The van der Waals surface area contributed by atoms with Crippen molar-refractivity contribution in [3.05, 3.63) is 35.9 Å². The lowest BCUT2D eigenvalue weighted by atomic mass is 9.55. The molecule has 1 heterocycles. The summed E-state index contributed by atoms with van der Waals surface area (Å²) in [5.74, 6) is 2.44. The first-order valence-corrected chi connectivity index (χ1v) is 11.4. The molecule has 2 aliphatic carbocycles. The van der Waals surface area contributed by atoms with Gasteiger partial charge in [0.15, 0.2) is 11.5 Å². The Hall–Kier alpha value is -2.01. The molecular weight excluding hydrogens is 378 g/mol. The van der Waals surface area contributed by atoms with Crippen molar-refractivity contribution in [2.75, 3.05) is 27.3 Å². The summed E-state index contributed by atoms with van der Waals surface area (Å²) < 4.78 is 16.6. The Morgan fingerprint density at radius 2 is 2.07 bits per heavy atom. The second kappa shape index (κ2) is 8.62. The molecule has 2 saturated carbocycles. The van der Waals surface area contributed by atoms with Crippen molar-refractivity contribution in [3.8, 4) is 11.5 Å². The van der Waals surface area contributed by atoms with Crippen molar-refractivity contribution in [1.29, 1.82) is 0 Å². The maximum atomic E-state index is 12.7. The zero-order valence-electron chi connectivity index (χ0n) is 18.6. The van der Waals surface area contributed by atoms with Crippen LogP contribution in [0.1, 0.15) is 44.6 Å². The molecule has 1 saturated heterocycles. The molecule has 1 aliphatic heterocycles. The summed E-state index contributed by atoms with van der Waals surface area (Å²) in [5, 5.41) is 2.27. The van der Waals surface area contributed by atoms with Crippen LogP contribution in [0, 0.1) is 23.2 Å². The maximum absolute atomic E-state index is 12.7. The Labute approximate surface area is 180 Å². The minimum atomic E-state index is 0.0136. The number of allylic oxidation sites excluding steroid dienone is 1. The molecule has 0 amide bonds. The Bertz CT molecular complexity index is 806. The number of fused-ring (bicyclic) bond motifs is 2. The van der Waals surface area contributed by atoms with E-state index in [1.807, 2.05) is 12.1 Å². The highest BCUT2D eigenvalue weighted by atomic mass is 16.6. The summed E-state index contributed by atoms with van der Waals surface area (Å²) in [6, 6.07) is 6.05. The fraction of sp³-hybridized carbons (Fsp3) is 0.640. The largest absolute Gasteiger partial charge is 0.493 e. The molecule has 0 aromatic heterocycles. The van der Waals surface area contributed by atoms with Gasteiger partial charge in [0.25, 0.3) is 0 Å². The highest BCUT2D eigenvalue weighted by Gasteiger charge is 2.55. The molecule has 30 heavy (non-hydrogen) atoms. The zero-order chi connectivity index (χ0) is 21.3. The number of hydrogen-bond donors (Lipinski definition) is 1. The molecule has 3 fully saturated rings. The molecule has 0 unspecified atom stereocenters. The fourth-order valence-corrected chi connectivity index (χ4v) is 6.13. The minimum Gasteiger partial charge on any atom is -0.493 e. The first-order valence-electron chi connectivity index (χ1n) is 11.4. The van der Waals surface area contributed by atoms with Crippen LogP contribution in [-0.4, -0.2) is 39.4 Å². The lowest BCUT2D eigenvalue weighted by molar-refractivity contribution is -0.658. The number of benzene rings is 1. The van der Waals surface area contributed by atoms with E-state index in [1.54, 1.807) is 14.2 Å². The predicted octanol–water partition coefficient (Wildman–Crippen LogP) is 3.12. The van der Waals surface area contributed by atoms with Crippen LogP contribution in [0.2, 0.25) is 0 Å². The monoisotopic (exact) mass is 414 g/mol. The van der Waals surface area contributed by atoms with E-state index in [4.69, 9.17) is 14.2 Å². The van der Waals surface area contributed by atoms with Gasteiger partial charge in [-0.05, 0) is 61.1 Å². The number of carbonyl (C=O) groups is 1. The van der Waals surface area contributed by atoms with Gasteiger partial charge in [-0.25, -0.2) is 0 Å². The second-order valence-electron chi connectivity index (χ2n) is 9.66. The SMILES string of the molecule is C=C1CCC[C@]2(C)C[C@H]3OC(=O)[C@@H](C[NH2+]CCc4ccc(OC)c(OC)c4)[C@H]3C[C@H]12. The average molecular weight is 415 g/mol. The number of hydrogen-bond acceptors (Lipinski definition) is 4. The molecule has 3 aliphatic rings. The molecule has 0 bridgehead atoms. The third-order valence-electron chi connectivity index (χ3n) is 7.83. The zero-order valence-corrected chi connectivity index (χ0v) is 18.6. The van der Waals surface area contributed by atoms with E-state index in [1.165, 1.54) is 24.0 Å². The summed E-state index contributed by atoms with van der Waals surface area (Å²) in [5.41, 5.74) is 2.88. The molecular formula is C25H36NO4+. The molecule has 1 aromatic rings. The summed E-state index contributed by atoms with van der Waals surface area (Å²) >= 11 is 0. The lowest BCUT2D eigenvalue weighted by Crippen LogP contribution is -2.86. The third-order valence-corrected chi connectivity index (χ3v) is 7.83. The average Bonchev–Trinajstić information content (AvgIpc) is 3.03. The van der Waals surface area contributed by atoms with Gasteiger partial charge in [-0.3, -0.25) is 4.79 Å². The van der Waals surface area contributed by atoms with Crippen molar-refractivity contribution in [2.24, 2.45) is 23.2 Å². The standard InChI is InChI=1S/C25H35NO4/c1-16-6-5-10-25(2)14-23-18(13-20(16)25)19(24(27)30-23)15-26-11-9-17-7-8-21(28-3)22(12-17)29-4/h7-8,12,18-20,23,26H,1,5-6,9-11,13-15H2,2-4H3/p+1/t18-,19+,20-,23-,25-/m1/s1. The number of methoxy groups -OCH3 is 2. The van der Waals surface area contributed by atoms with Crippen LogP contribution < -0.4 is 14.8 Å². The van der Waals surface area contributed by atoms with E-state index in [0.29, 0.717) is 11.8 Å². The maximum Gasteiger partial charge on any atom is 0.315 e. The van der Waals surface area contributed by atoms with Gasteiger partial charge >= 0.3 is 5.97 Å². The van der Waals surface area contributed by atoms with Gasteiger partial charge in [-0.15, -0.1) is 0 Å². The summed E-state index contributed by atoms with van der Waals surface area (Å²) in [4.78, 5) is 12.7. The van der Waals surface area contributed by atoms with Crippen molar-refractivity contribution in [1.82, 2.24) is 0 Å². The van der Waals surface area contributed by atoms with Gasteiger partial charge in [0.1, 0.15) is 12.0 Å². The van der Waals surface area contributed by atoms with E-state index >= 15 is 0 Å². The van der Waals surface area contributed by atoms with Crippen molar-refractivity contribution in [2.45, 2.75) is 51.6 Å². The quantitative estimate of drug-likeness (QED) is 0.423. The van der Waals surface area contributed by atoms with Crippen LogP contribution in [0.3, 0.4) is 0 Å². The second-order valence-corrected chi connectivity index (χ2v) is 9.66. The molecule has 5 heteroatoms. The van der Waals surface area contributed by atoms with Crippen molar-refractivity contribution >= 4 is 5.97 Å². The number of carbonyl (C=O) groups excluding carboxylic acids is 1. The van der Waals surface area contributed by atoms with E-state index in [-0.39, 0.29) is 23.4 Å². The highest BCUT2D eigenvalue weighted by molar-refractivity contribution is 5.75. The van der Waals surface area contributed by atoms with Crippen LogP contribution in [0.25, 0.3) is 0 Å². The van der Waals surface area contributed by atoms with Crippen LogP contribution in [0.15, 0.2) is 30.4 Å². The van der Waals surface area contributed by atoms with E-state index < -0.39 is 0 Å². The normalized spacial score (nSPS) is 32.9. The van der Waals surface area contributed by atoms with Crippen LogP contribution >= 0.6 is 0 Å². The van der Waals surface area contributed by atoms with Gasteiger partial charge in [-0.1, -0.05) is 25.1 Å². The van der Waals surface area contributed by atoms with Crippen LogP contribution in [-0.2, 0) is 16.0 Å². The Kier molecular flexibility index (Phi) is 6.10. The number of rotatable bonds is 7. The van der Waals surface area contributed by atoms with Crippen molar-refractivity contribution < 1.29 is 24.3 Å². The Morgan fingerprint density at radius 1 is 1.27 bits per heavy atom. The van der Waals surface area contributed by atoms with E-state index in [0.717, 1.165) is 50.3 Å². The fourth-order valence-electron chi connectivity index (χ4n) is 6.13.